The average molecular weight is 272 g/mol. The summed E-state index contributed by atoms with van der Waals surface area (Å²) >= 11 is 10.6. The molecule has 4 nitrogen and oxygen atoms in total. The van der Waals surface area contributed by atoms with E-state index in [1.54, 1.807) is 9.80 Å². The van der Waals surface area contributed by atoms with Gasteiger partial charge in [0, 0.05) is 12.4 Å². The van der Waals surface area contributed by atoms with Crippen LogP contribution in [0.4, 0.5) is 0 Å². The highest BCUT2D eigenvalue weighted by Gasteiger charge is 2.22. The number of allylic oxidation sites excluding steroid dienone is 4. The van der Waals surface area contributed by atoms with Gasteiger partial charge in [0.15, 0.2) is 0 Å². The first kappa shape index (κ1) is 11.2. The Hall–Kier alpha value is -1.92. The van der Waals surface area contributed by atoms with Gasteiger partial charge in [-0.05, 0) is 48.7 Å². The van der Waals surface area contributed by atoms with Crippen molar-refractivity contribution in [3.63, 3.8) is 0 Å². The Morgan fingerprint density at radius 2 is 1.17 bits per heavy atom. The third kappa shape index (κ3) is 1.85. The maximum Gasteiger partial charge on any atom is 0.207 e. The van der Waals surface area contributed by atoms with Crippen LogP contribution in [0.3, 0.4) is 0 Å². The van der Waals surface area contributed by atoms with Gasteiger partial charge in [0.1, 0.15) is 11.7 Å². The summed E-state index contributed by atoms with van der Waals surface area (Å²) in [6.07, 6.45) is 14.9. The molecule has 0 unspecified atom stereocenters. The van der Waals surface area contributed by atoms with Crippen LogP contribution < -0.4 is 0 Å². The van der Waals surface area contributed by atoms with E-state index >= 15 is 0 Å². The molecule has 0 aromatic rings. The van der Waals surface area contributed by atoms with Crippen molar-refractivity contribution >= 4 is 46.3 Å². The summed E-state index contributed by atoms with van der Waals surface area (Å²) in [7, 11) is 0. The van der Waals surface area contributed by atoms with Crippen molar-refractivity contribution in [3.8, 4) is 0 Å². The highest BCUT2D eigenvalue weighted by molar-refractivity contribution is 7.80. The largest absolute Gasteiger partial charge is 0.276 e. The number of hydrogen-bond donors (Lipinski definition) is 0. The van der Waals surface area contributed by atoms with E-state index in [1.165, 1.54) is 0 Å². The van der Waals surface area contributed by atoms with Crippen LogP contribution in [-0.2, 0) is 0 Å². The van der Waals surface area contributed by atoms with Gasteiger partial charge in [-0.25, -0.2) is 9.98 Å². The molecule has 6 heteroatoms. The van der Waals surface area contributed by atoms with E-state index in [1.807, 2.05) is 48.9 Å². The maximum absolute atomic E-state index is 5.30. The van der Waals surface area contributed by atoms with Gasteiger partial charge in [-0.3, -0.25) is 9.80 Å². The molecule has 18 heavy (non-hydrogen) atoms. The zero-order valence-electron chi connectivity index (χ0n) is 9.22. The van der Waals surface area contributed by atoms with E-state index in [9.17, 15) is 0 Å². The lowest BCUT2D eigenvalue weighted by Gasteiger charge is -2.27. The molecule has 0 N–H and O–H groups in total. The third-order valence-corrected chi connectivity index (χ3v) is 3.09. The first-order chi connectivity index (χ1) is 8.75. The van der Waals surface area contributed by atoms with Gasteiger partial charge >= 0.3 is 0 Å². The first-order valence-corrected chi connectivity index (χ1v) is 6.11. The molecule has 0 saturated carbocycles. The monoisotopic (exact) mass is 272 g/mol. The second-order valence-electron chi connectivity index (χ2n) is 3.65. The summed E-state index contributed by atoms with van der Waals surface area (Å²) in [4.78, 5) is 12.3. The summed E-state index contributed by atoms with van der Waals surface area (Å²) in [5.41, 5.74) is 0. The molecular formula is C12H8N4S2. The minimum Gasteiger partial charge on any atom is -0.276 e. The Bertz CT molecular complexity index is 554. The van der Waals surface area contributed by atoms with Crippen LogP contribution in [0.15, 0.2) is 58.8 Å². The Labute approximate surface area is 115 Å². The zero-order valence-corrected chi connectivity index (χ0v) is 10.9. The van der Waals surface area contributed by atoms with Crippen molar-refractivity contribution < 1.29 is 0 Å². The molecule has 88 valence electrons. The summed E-state index contributed by atoms with van der Waals surface area (Å²) in [6, 6.07) is 0. The summed E-state index contributed by atoms with van der Waals surface area (Å²) in [5.74, 6) is 1.36. The highest BCUT2D eigenvalue weighted by Crippen LogP contribution is 2.14. The second kappa shape index (κ2) is 4.40. The van der Waals surface area contributed by atoms with Crippen molar-refractivity contribution in [2.24, 2.45) is 9.98 Å². The third-order valence-electron chi connectivity index (χ3n) is 2.51. The summed E-state index contributed by atoms with van der Waals surface area (Å²) < 4.78 is 0. The van der Waals surface area contributed by atoms with E-state index in [0.29, 0.717) is 21.9 Å². The number of nitrogens with zero attached hydrogens (tertiary/aromatic N) is 4. The molecule has 0 fully saturated rings. The summed E-state index contributed by atoms with van der Waals surface area (Å²) in [5, 5.41) is 0.883. The van der Waals surface area contributed by atoms with Gasteiger partial charge < -0.3 is 0 Å². The highest BCUT2D eigenvalue weighted by atomic mass is 32.1. The van der Waals surface area contributed by atoms with E-state index in [2.05, 4.69) is 9.98 Å². The van der Waals surface area contributed by atoms with E-state index in [-0.39, 0.29) is 0 Å². The van der Waals surface area contributed by atoms with Crippen molar-refractivity contribution in [1.29, 1.82) is 0 Å². The lowest BCUT2D eigenvalue weighted by molar-refractivity contribution is 0.788. The SMILES string of the molecule is S=C1/N=C2/C=CC=CN2C(=S)/N=C2/C=CC=CN12. The van der Waals surface area contributed by atoms with Gasteiger partial charge in [0.2, 0.25) is 10.2 Å². The fourth-order valence-electron chi connectivity index (χ4n) is 1.68. The van der Waals surface area contributed by atoms with Gasteiger partial charge in [0.05, 0.1) is 0 Å². The lowest BCUT2D eigenvalue weighted by Crippen LogP contribution is -2.39. The number of aliphatic imine (C=N–C) groups is 2. The van der Waals surface area contributed by atoms with Crippen LogP contribution in [0.5, 0.6) is 0 Å². The van der Waals surface area contributed by atoms with Crippen molar-refractivity contribution in [2.75, 3.05) is 0 Å². The Kier molecular flexibility index (Phi) is 2.73. The first-order valence-electron chi connectivity index (χ1n) is 5.29. The molecule has 0 amide bonds. The molecule has 0 aromatic carbocycles. The van der Waals surface area contributed by atoms with Crippen LogP contribution in [0.1, 0.15) is 0 Å². The quantitative estimate of drug-likeness (QED) is 0.632. The zero-order chi connectivity index (χ0) is 12.5. The molecule has 0 atom stereocenters. The molecule has 0 bridgehead atoms. The molecule has 3 rings (SSSR count). The van der Waals surface area contributed by atoms with Crippen molar-refractivity contribution in [1.82, 2.24) is 9.80 Å². The molecule has 0 saturated heterocycles. The lowest BCUT2D eigenvalue weighted by atomic mass is 10.3. The van der Waals surface area contributed by atoms with E-state index in [4.69, 9.17) is 24.4 Å². The maximum atomic E-state index is 5.30. The van der Waals surface area contributed by atoms with Crippen LogP contribution in [0.2, 0.25) is 0 Å². The standard InChI is InChI=1S/C12H8N4S2/c17-11-13-9-5-1-3-7-15(9)12(18)14-10-6-2-4-8-16(10)11/h1-8H/b13-9-,14-10-. The van der Waals surface area contributed by atoms with Crippen LogP contribution >= 0.6 is 24.4 Å². The van der Waals surface area contributed by atoms with Gasteiger partial charge in [-0.1, -0.05) is 12.2 Å². The van der Waals surface area contributed by atoms with E-state index < -0.39 is 0 Å². The van der Waals surface area contributed by atoms with Gasteiger partial charge in [-0.2, -0.15) is 0 Å². The minimum atomic E-state index is 0.441. The average Bonchev–Trinajstić information content (AvgIpc) is 2.38. The molecule has 0 spiro atoms. The summed E-state index contributed by atoms with van der Waals surface area (Å²) in [6.45, 7) is 0. The minimum absolute atomic E-state index is 0.441. The molecular weight excluding hydrogens is 264 g/mol. The van der Waals surface area contributed by atoms with Gasteiger partial charge in [-0.15, -0.1) is 0 Å². The number of fused-ring (bicyclic) bond motifs is 2. The Morgan fingerprint density at radius 1 is 0.722 bits per heavy atom. The molecule has 3 heterocycles. The van der Waals surface area contributed by atoms with E-state index in [0.717, 1.165) is 0 Å². The molecule has 0 aliphatic carbocycles. The van der Waals surface area contributed by atoms with Crippen LogP contribution in [-0.4, -0.2) is 31.7 Å². The Morgan fingerprint density at radius 3 is 1.61 bits per heavy atom. The number of rotatable bonds is 0. The van der Waals surface area contributed by atoms with Crippen molar-refractivity contribution in [3.05, 3.63) is 48.9 Å². The number of thiocarbonyl (C=S) groups is 2. The smallest absolute Gasteiger partial charge is 0.207 e. The molecule has 0 radical (unpaired) electrons. The molecule has 3 aliphatic heterocycles. The molecule has 3 aliphatic rings. The van der Waals surface area contributed by atoms with Crippen molar-refractivity contribution in [2.45, 2.75) is 0 Å². The fraction of sp³-hybridized carbons (Fsp3) is 0. The van der Waals surface area contributed by atoms with Crippen LogP contribution in [0, 0.1) is 0 Å². The predicted octanol–water partition coefficient (Wildman–Crippen LogP) is 2.14. The second-order valence-corrected chi connectivity index (χ2v) is 4.38. The molecule has 0 aromatic heterocycles. The topological polar surface area (TPSA) is 31.2 Å². The number of hydrogen-bond acceptors (Lipinski definition) is 2. The Balaban J connectivity index is 2.10. The predicted molar refractivity (Wildman–Crippen MR) is 80.3 cm³/mol. The number of amidine groups is 2. The van der Waals surface area contributed by atoms with Crippen LogP contribution in [0.25, 0.3) is 0 Å². The van der Waals surface area contributed by atoms with Gasteiger partial charge in [0.25, 0.3) is 0 Å². The fourth-order valence-corrected chi connectivity index (χ4v) is 2.17. The normalized spacial score (nSPS) is 26.9.